The molecule has 0 radical (unpaired) electrons. The number of carbonyl (C=O) groups excluding carboxylic acids is 1. The van der Waals surface area contributed by atoms with Gasteiger partial charge in [-0.25, -0.2) is 9.83 Å². The van der Waals surface area contributed by atoms with E-state index in [-0.39, 0.29) is 28.5 Å². The van der Waals surface area contributed by atoms with Gasteiger partial charge < -0.3 is 10.4 Å². The average Bonchev–Trinajstić information content (AvgIpc) is 3.56. The Labute approximate surface area is 220 Å². The van der Waals surface area contributed by atoms with Crippen molar-refractivity contribution in [3.8, 4) is 10.9 Å². The van der Waals surface area contributed by atoms with Crippen LogP contribution in [0, 0.1) is 6.57 Å². The molecule has 0 unspecified atom stereocenters. The number of phenols is 1. The highest BCUT2D eigenvalue weighted by Gasteiger charge is 2.20. The molecule has 38 heavy (non-hydrogen) atoms. The molecule has 0 bridgehead atoms. The third kappa shape index (κ3) is 4.13. The van der Waals surface area contributed by atoms with Crippen molar-refractivity contribution in [2.45, 2.75) is 0 Å². The Hall–Kier alpha value is -5.40. The van der Waals surface area contributed by atoms with E-state index in [9.17, 15) is 9.90 Å². The molecule has 2 heterocycles. The van der Waals surface area contributed by atoms with Gasteiger partial charge in [-0.1, -0.05) is 65.9 Å². The first-order valence-corrected chi connectivity index (χ1v) is 12.3. The maximum atomic E-state index is 13.1. The Bertz CT molecular complexity index is 1870. The Morgan fingerprint density at radius 3 is 2.58 bits per heavy atom. The zero-order valence-electron chi connectivity index (χ0n) is 19.6. The zero-order chi connectivity index (χ0) is 26.1. The Kier molecular flexibility index (Phi) is 5.80. The number of hydrogen-bond acceptors (Lipinski definition) is 7. The lowest BCUT2D eigenvalue weighted by molar-refractivity contribution is 0.102. The van der Waals surface area contributed by atoms with Gasteiger partial charge in [0.05, 0.1) is 28.5 Å². The largest absolute Gasteiger partial charge is 0.505 e. The van der Waals surface area contributed by atoms with Crippen molar-refractivity contribution in [1.29, 1.82) is 0 Å². The van der Waals surface area contributed by atoms with E-state index in [4.69, 9.17) is 6.57 Å². The highest BCUT2D eigenvalue weighted by atomic mass is 32.1. The smallest absolute Gasteiger partial charge is 0.259 e. The molecule has 0 fully saturated rings. The van der Waals surface area contributed by atoms with Crippen molar-refractivity contribution in [2.75, 3.05) is 5.32 Å². The van der Waals surface area contributed by atoms with E-state index in [1.165, 1.54) is 22.2 Å². The second-order valence-corrected chi connectivity index (χ2v) is 9.21. The van der Waals surface area contributed by atoms with Crippen LogP contribution in [0.15, 0.2) is 101 Å². The fraction of sp³-hybridized carbons (Fsp3) is 0. The summed E-state index contributed by atoms with van der Waals surface area (Å²) in [5.74, 6) is -0.643. The number of anilines is 1. The normalized spacial score (nSPS) is 11.2. The van der Waals surface area contributed by atoms with Crippen LogP contribution in [0.1, 0.15) is 10.4 Å². The average molecular weight is 516 g/mol. The second kappa shape index (κ2) is 9.57. The molecular formula is C28H17N7O2S. The Balaban J connectivity index is 1.45. The van der Waals surface area contributed by atoms with Gasteiger partial charge in [-0.05, 0) is 35.7 Å². The first-order chi connectivity index (χ1) is 18.6. The number of phenolic OH excluding ortho intramolecular Hbond substituents is 1. The maximum Gasteiger partial charge on any atom is 0.259 e. The first kappa shape index (κ1) is 23.0. The van der Waals surface area contributed by atoms with Crippen molar-refractivity contribution in [3.05, 3.63) is 108 Å². The van der Waals surface area contributed by atoms with Crippen molar-refractivity contribution >= 4 is 61.1 Å². The lowest BCUT2D eigenvalue weighted by atomic mass is 10.0. The van der Waals surface area contributed by atoms with Crippen molar-refractivity contribution in [3.63, 3.8) is 0 Å². The van der Waals surface area contributed by atoms with Gasteiger partial charge in [0.25, 0.3) is 11.6 Å². The van der Waals surface area contributed by atoms with Crippen molar-refractivity contribution < 1.29 is 9.90 Å². The standard InChI is InChI=1S/C28H17N7O2S/c1-29-22-16-30-35(28-32-21-13-7-8-14-23(21)38-28)26(22)34-33-24-19-12-6-5-9-17(19)15-20(25(24)36)27(37)31-18-10-3-2-4-11-18/h2-16,36H,(H,31,37)/b34-33+. The number of hydrogen-bond donors (Lipinski definition) is 2. The van der Waals surface area contributed by atoms with E-state index in [1.807, 2.05) is 42.5 Å². The number of amides is 1. The van der Waals surface area contributed by atoms with Crippen molar-refractivity contribution in [2.24, 2.45) is 10.2 Å². The van der Waals surface area contributed by atoms with Gasteiger partial charge in [0.15, 0.2) is 11.6 Å². The molecule has 0 saturated carbocycles. The molecule has 2 N–H and O–H groups in total. The molecule has 10 heteroatoms. The van der Waals surface area contributed by atoms with Crippen LogP contribution in [0.4, 0.5) is 22.9 Å². The molecular weight excluding hydrogens is 498 g/mol. The van der Waals surface area contributed by atoms with Crippen LogP contribution < -0.4 is 5.32 Å². The molecule has 9 nitrogen and oxygen atoms in total. The fourth-order valence-corrected chi connectivity index (χ4v) is 4.93. The van der Waals surface area contributed by atoms with Gasteiger partial charge in [0.1, 0.15) is 5.69 Å². The molecule has 6 rings (SSSR count). The first-order valence-electron chi connectivity index (χ1n) is 11.5. The number of thiazole rings is 1. The van der Waals surface area contributed by atoms with E-state index in [2.05, 4.69) is 30.5 Å². The fourth-order valence-electron chi connectivity index (χ4n) is 4.01. The van der Waals surface area contributed by atoms with Gasteiger partial charge in [-0.15, -0.1) is 10.2 Å². The summed E-state index contributed by atoms with van der Waals surface area (Å²) in [6.07, 6.45) is 1.40. The molecule has 6 aromatic rings. The summed E-state index contributed by atoms with van der Waals surface area (Å²) in [5.41, 5.74) is 1.72. The summed E-state index contributed by atoms with van der Waals surface area (Å²) in [7, 11) is 0. The van der Waals surface area contributed by atoms with Crippen LogP contribution >= 0.6 is 11.3 Å². The van der Waals surface area contributed by atoms with Gasteiger partial charge in [0.2, 0.25) is 5.13 Å². The number of azo groups is 1. The minimum absolute atomic E-state index is 0.0478. The molecule has 0 aliphatic carbocycles. The van der Waals surface area contributed by atoms with Crippen LogP contribution in [0.25, 0.3) is 31.0 Å². The lowest BCUT2D eigenvalue weighted by Crippen LogP contribution is -2.12. The SMILES string of the molecule is [C-]#[N+]c1cnn(-c2nc3ccccc3s2)c1/N=N/c1c(O)c(C(=O)Nc2ccccc2)cc2ccccc12. The molecule has 0 aliphatic rings. The predicted octanol–water partition coefficient (Wildman–Crippen LogP) is 7.56. The van der Waals surface area contributed by atoms with E-state index in [0.717, 1.165) is 10.2 Å². The number of nitrogens with zero attached hydrogens (tertiary/aromatic N) is 6. The highest BCUT2D eigenvalue weighted by molar-refractivity contribution is 7.20. The molecule has 0 spiro atoms. The number of benzene rings is 4. The number of para-hydroxylation sites is 2. The summed E-state index contributed by atoms with van der Waals surface area (Å²) in [5, 5.41) is 28.8. The molecule has 1 amide bonds. The molecule has 0 atom stereocenters. The lowest BCUT2D eigenvalue weighted by Gasteiger charge is -2.11. The van der Waals surface area contributed by atoms with Crippen LogP contribution in [-0.4, -0.2) is 25.8 Å². The molecule has 0 saturated heterocycles. The van der Waals surface area contributed by atoms with Gasteiger partial charge >= 0.3 is 0 Å². The number of fused-ring (bicyclic) bond motifs is 2. The summed E-state index contributed by atoms with van der Waals surface area (Å²) in [6.45, 7) is 7.57. The van der Waals surface area contributed by atoms with E-state index < -0.39 is 5.91 Å². The molecule has 182 valence electrons. The topological polar surface area (TPSA) is 109 Å². The minimum atomic E-state index is -0.489. The summed E-state index contributed by atoms with van der Waals surface area (Å²) < 4.78 is 2.42. The second-order valence-electron chi connectivity index (χ2n) is 8.20. The summed E-state index contributed by atoms with van der Waals surface area (Å²) >= 11 is 1.41. The monoisotopic (exact) mass is 515 g/mol. The summed E-state index contributed by atoms with van der Waals surface area (Å²) in [6, 6.07) is 25.5. The zero-order valence-corrected chi connectivity index (χ0v) is 20.4. The number of aromatic nitrogens is 3. The van der Waals surface area contributed by atoms with Crippen LogP contribution in [0.3, 0.4) is 0 Å². The summed E-state index contributed by atoms with van der Waals surface area (Å²) in [4.78, 5) is 21.2. The highest BCUT2D eigenvalue weighted by Crippen LogP contribution is 2.41. The van der Waals surface area contributed by atoms with Crippen LogP contribution in [-0.2, 0) is 0 Å². The maximum absolute atomic E-state index is 13.1. The minimum Gasteiger partial charge on any atom is -0.505 e. The Morgan fingerprint density at radius 2 is 1.76 bits per heavy atom. The Morgan fingerprint density at radius 1 is 1.00 bits per heavy atom. The van der Waals surface area contributed by atoms with E-state index in [1.54, 1.807) is 42.5 Å². The van der Waals surface area contributed by atoms with E-state index in [0.29, 0.717) is 21.6 Å². The third-order valence-corrected chi connectivity index (χ3v) is 6.84. The third-order valence-electron chi connectivity index (χ3n) is 5.83. The number of rotatable bonds is 5. The number of aromatic hydroxyl groups is 1. The van der Waals surface area contributed by atoms with Gasteiger partial charge in [-0.3, -0.25) is 4.79 Å². The molecule has 0 aliphatic heterocycles. The molecule has 4 aromatic carbocycles. The number of carbonyl (C=O) groups is 1. The van der Waals surface area contributed by atoms with E-state index >= 15 is 0 Å². The number of nitrogens with one attached hydrogen (secondary N) is 1. The quantitative estimate of drug-likeness (QED) is 0.182. The van der Waals surface area contributed by atoms with Crippen molar-refractivity contribution in [1.82, 2.24) is 14.8 Å². The van der Waals surface area contributed by atoms with Crippen LogP contribution in [0.2, 0.25) is 0 Å². The van der Waals surface area contributed by atoms with Gasteiger partial charge in [0, 0.05) is 11.1 Å². The van der Waals surface area contributed by atoms with Crippen LogP contribution in [0.5, 0.6) is 5.75 Å². The van der Waals surface area contributed by atoms with Gasteiger partial charge in [-0.2, -0.15) is 9.78 Å². The molecule has 2 aromatic heterocycles. The predicted molar refractivity (Wildman–Crippen MR) is 147 cm³/mol.